The van der Waals surface area contributed by atoms with E-state index in [1.807, 2.05) is 6.92 Å². The lowest BCUT2D eigenvalue weighted by atomic mass is 9.73. The Balaban J connectivity index is 1.42. The standard InChI is InChI=1S/C36H39F3N6O3/c1-5-25-27(38)10-7-20-13-24(46)14-26(28(20)25)31-30(39)32-29(34(41-31)47-4)33(45-16-22-8-9-23(17-45)40-22)43-35(42-32)48-19-36(3)18-44(6-2)12-11-21(36)15-37/h1,7,10,13-14,21-23,40,46H,6,8-9,11-12,15-19H2,2-4H3/t21-,22-,23+,36+/m1/s1. The first-order chi connectivity index (χ1) is 23.2. The molecule has 4 aromatic rings. The highest BCUT2D eigenvalue weighted by Crippen LogP contribution is 2.43. The van der Waals surface area contributed by atoms with Crippen LogP contribution >= 0.6 is 0 Å². The second-order valence-corrected chi connectivity index (χ2v) is 13.5. The smallest absolute Gasteiger partial charge is 0.319 e. The van der Waals surface area contributed by atoms with Gasteiger partial charge in [-0.3, -0.25) is 4.39 Å². The Bertz CT molecular complexity index is 1920. The number of methoxy groups -OCH3 is 1. The van der Waals surface area contributed by atoms with E-state index in [1.54, 1.807) is 0 Å². The minimum absolute atomic E-state index is 0.0509. The minimum atomic E-state index is -0.834. The van der Waals surface area contributed by atoms with E-state index in [-0.39, 0.29) is 75.4 Å². The van der Waals surface area contributed by atoms with E-state index in [1.165, 1.54) is 31.4 Å². The number of hydrogen-bond acceptors (Lipinski definition) is 9. The van der Waals surface area contributed by atoms with Crippen molar-refractivity contribution in [2.75, 3.05) is 58.0 Å². The Kier molecular flexibility index (Phi) is 8.46. The van der Waals surface area contributed by atoms with Crippen molar-refractivity contribution < 1.29 is 27.8 Å². The number of nitrogens with zero attached hydrogens (tertiary/aromatic N) is 5. The predicted molar refractivity (Wildman–Crippen MR) is 178 cm³/mol. The van der Waals surface area contributed by atoms with Crippen LogP contribution in [0.25, 0.3) is 32.9 Å². The number of nitrogens with one attached hydrogen (secondary N) is 1. The summed E-state index contributed by atoms with van der Waals surface area (Å²) in [6, 6.07) is 5.82. The summed E-state index contributed by atoms with van der Waals surface area (Å²) in [6.07, 6.45) is 8.44. The van der Waals surface area contributed by atoms with Crippen LogP contribution < -0.4 is 19.7 Å². The van der Waals surface area contributed by atoms with Crippen molar-refractivity contribution in [1.29, 1.82) is 0 Å². The van der Waals surface area contributed by atoms with E-state index in [4.69, 9.17) is 20.9 Å². The molecule has 9 nitrogen and oxygen atoms in total. The number of halogens is 3. The molecule has 3 fully saturated rings. The van der Waals surface area contributed by atoms with Gasteiger partial charge >= 0.3 is 6.01 Å². The van der Waals surface area contributed by atoms with Gasteiger partial charge in [-0.2, -0.15) is 9.97 Å². The second kappa shape index (κ2) is 12.6. The summed E-state index contributed by atoms with van der Waals surface area (Å²) in [4.78, 5) is 18.4. The number of phenols is 1. The molecule has 3 saturated heterocycles. The number of pyridine rings is 1. The predicted octanol–water partition coefficient (Wildman–Crippen LogP) is 5.46. The zero-order valence-corrected chi connectivity index (χ0v) is 27.3. The van der Waals surface area contributed by atoms with E-state index in [2.05, 4.69) is 37.9 Å². The van der Waals surface area contributed by atoms with Gasteiger partial charge < -0.3 is 29.7 Å². The molecule has 0 spiro atoms. The molecular weight excluding hydrogens is 621 g/mol. The molecule has 0 amide bonds. The molecule has 7 rings (SSSR count). The van der Waals surface area contributed by atoms with Gasteiger partial charge in [-0.1, -0.05) is 25.8 Å². The fourth-order valence-electron chi connectivity index (χ4n) is 7.78. The fourth-order valence-corrected chi connectivity index (χ4v) is 7.78. The van der Waals surface area contributed by atoms with Crippen molar-refractivity contribution in [1.82, 2.24) is 25.2 Å². The fraction of sp³-hybridized carbons (Fsp3) is 0.472. The van der Waals surface area contributed by atoms with E-state index >= 15 is 4.39 Å². The number of phenolic OH excluding ortho intramolecular Hbond substituents is 1. The number of likely N-dealkylation sites (tertiary alicyclic amines) is 1. The van der Waals surface area contributed by atoms with Crippen molar-refractivity contribution in [2.45, 2.75) is 45.2 Å². The Morgan fingerprint density at radius 2 is 1.88 bits per heavy atom. The van der Waals surface area contributed by atoms with Gasteiger partial charge in [0.25, 0.3) is 0 Å². The van der Waals surface area contributed by atoms with Gasteiger partial charge in [-0.25, -0.2) is 13.8 Å². The number of aromatic nitrogens is 3. The molecule has 2 N–H and O–H groups in total. The molecule has 252 valence electrons. The van der Waals surface area contributed by atoms with Crippen molar-refractivity contribution >= 4 is 27.5 Å². The summed E-state index contributed by atoms with van der Waals surface area (Å²) >= 11 is 0. The van der Waals surface area contributed by atoms with Gasteiger partial charge in [0.2, 0.25) is 5.88 Å². The Labute approximate surface area is 277 Å². The first-order valence-electron chi connectivity index (χ1n) is 16.5. The third kappa shape index (κ3) is 5.52. The highest BCUT2D eigenvalue weighted by molar-refractivity contribution is 6.04. The van der Waals surface area contributed by atoms with Crippen LogP contribution in [0.2, 0.25) is 0 Å². The maximum atomic E-state index is 17.1. The number of piperidine rings is 1. The van der Waals surface area contributed by atoms with Crippen LogP contribution in [0.3, 0.4) is 0 Å². The molecule has 0 saturated carbocycles. The molecule has 0 unspecified atom stereocenters. The van der Waals surface area contributed by atoms with Gasteiger partial charge in [0, 0.05) is 48.1 Å². The Morgan fingerprint density at radius 1 is 1.10 bits per heavy atom. The normalized spacial score (nSPS) is 24.3. The molecule has 3 aliphatic heterocycles. The van der Waals surface area contributed by atoms with Gasteiger partial charge in [0.05, 0.1) is 26.0 Å². The van der Waals surface area contributed by atoms with Crippen molar-refractivity contribution in [3.05, 3.63) is 41.5 Å². The lowest BCUT2D eigenvalue weighted by Gasteiger charge is -2.44. The quantitative estimate of drug-likeness (QED) is 0.239. The summed E-state index contributed by atoms with van der Waals surface area (Å²) in [7, 11) is 1.42. The molecule has 0 radical (unpaired) electrons. The van der Waals surface area contributed by atoms with E-state index in [0.717, 1.165) is 25.9 Å². The Hall–Kier alpha value is -4.34. The largest absolute Gasteiger partial charge is 0.508 e. The molecule has 5 heterocycles. The highest BCUT2D eigenvalue weighted by atomic mass is 19.1. The SMILES string of the molecule is C#Cc1c(F)ccc2cc(O)cc(-c3nc(OC)c4c(N5C[C@H]6CC[C@@H](C5)N6)nc(OC[C@]5(C)CN(CC)CC[C@@H]5CF)nc4c3F)c12. The number of piperazine rings is 1. The van der Waals surface area contributed by atoms with Crippen LogP contribution in [0.4, 0.5) is 19.0 Å². The molecule has 4 atom stereocenters. The van der Waals surface area contributed by atoms with Crippen LogP contribution in [0, 0.1) is 35.3 Å². The van der Waals surface area contributed by atoms with Crippen molar-refractivity contribution in [3.63, 3.8) is 0 Å². The number of rotatable bonds is 8. The number of benzene rings is 2. The van der Waals surface area contributed by atoms with Gasteiger partial charge in [-0.05, 0) is 61.9 Å². The highest BCUT2D eigenvalue weighted by Gasteiger charge is 2.41. The van der Waals surface area contributed by atoms with E-state index in [0.29, 0.717) is 37.3 Å². The summed E-state index contributed by atoms with van der Waals surface area (Å²) < 4.78 is 58.3. The monoisotopic (exact) mass is 660 g/mol. The molecule has 48 heavy (non-hydrogen) atoms. The summed E-state index contributed by atoms with van der Waals surface area (Å²) in [5, 5.41) is 15.1. The maximum absolute atomic E-state index is 17.1. The average Bonchev–Trinajstić information content (AvgIpc) is 3.43. The summed E-state index contributed by atoms with van der Waals surface area (Å²) in [6.45, 7) is 7.32. The topological polar surface area (TPSA) is 95.9 Å². The minimum Gasteiger partial charge on any atom is -0.508 e. The lowest BCUT2D eigenvalue weighted by Crippen LogP contribution is -2.51. The number of alkyl halides is 1. The molecule has 12 heteroatoms. The number of terminal acetylenes is 1. The number of ether oxygens (including phenoxy) is 2. The van der Waals surface area contributed by atoms with Crippen molar-refractivity contribution in [2.24, 2.45) is 11.3 Å². The molecule has 2 aromatic carbocycles. The Morgan fingerprint density at radius 3 is 2.56 bits per heavy atom. The van der Waals surface area contributed by atoms with Crippen LogP contribution in [-0.4, -0.2) is 90.2 Å². The lowest BCUT2D eigenvalue weighted by molar-refractivity contribution is -0.00718. The molecular formula is C36H39F3N6O3. The first kappa shape index (κ1) is 32.2. The second-order valence-electron chi connectivity index (χ2n) is 13.5. The van der Waals surface area contributed by atoms with Gasteiger partial charge in [0.15, 0.2) is 5.82 Å². The van der Waals surface area contributed by atoms with Crippen molar-refractivity contribution in [3.8, 4) is 41.2 Å². The van der Waals surface area contributed by atoms with Crippen LogP contribution in [-0.2, 0) is 0 Å². The number of anilines is 1. The van der Waals surface area contributed by atoms with E-state index in [9.17, 15) is 13.9 Å². The average molecular weight is 661 g/mol. The van der Waals surface area contributed by atoms with Gasteiger partial charge in [0.1, 0.15) is 34.0 Å². The number of hydrogen-bond donors (Lipinski definition) is 2. The van der Waals surface area contributed by atoms with Gasteiger partial charge in [-0.15, -0.1) is 6.42 Å². The third-order valence-corrected chi connectivity index (χ3v) is 10.4. The number of aromatic hydroxyl groups is 1. The third-order valence-electron chi connectivity index (χ3n) is 10.4. The summed E-state index contributed by atoms with van der Waals surface area (Å²) in [5.74, 6) is 0.960. The molecule has 3 aliphatic rings. The summed E-state index contributed by atoms with van der Waals surface area (Å²) in [5.41, 5.74) is -0.864. The molecule has 2 aromatic heterocycles. The maximum Gasteiger partial charge on any atom is 0.319 e. The number of fused-ring (bicyclic) bond motifs is 4. The molecule has 0 aliphatic carbocycles. The van der Waals surface area contributed by atoms with E-state index < -0.39 is 23.7 Å². The molecule has 2 bridgehead atoms. The zero-order chi connectivity index (χ0) is 33.7. The van der Waals surface area contributed by atoms with Crippen LogP contribution in [0.1, 0.15) is 38.7 Å². The first-order valence-corrected chi connectivity index (χ1v) is 16.5. The van der Waals surface area contributed by atoms with Crippen LogP contribution in [0.5, 0.6) is 17.6 Å². The zero-order valence-electron chi connectivity index (χ0n) is 27.3. The van der Waals surface area contributed by atoms with Crippen LogP contribution in [0.15, 0.2) is 24.3 Å².